The standard InChI is InChI=1S/C9H12BrNO3/c1-5(2)7(10)8-11-6(4-14-8)9(12)13-3/h4-5,7H,1-3H3. The summed E-state index contributed by atoms with van der Waals surface area (Å²) < 4.78 is 9.66. The molecule has 0 aliphatic heterocycles. The van der Waals surface area contributed by atoms with E-state index in [1.807, 2.05) is 13.8 Å². The molecule has 0 aliphatic carbocycles. The molecule has 14 heavy (non-hydrogen) atoms. The molecule has 0 saturated heterocycles. The predicted octanol–water partition coefficient (Wildman–Crippen LogP) is 2.55. The summed E-state index contributed by atoms with van der Waals surface area (Å²) in [6, 6.07) is 0. The molecule has 1 heterocycles. The molecule has 1 unspecified atom stereocenters. The molecule has 1 atom stereocenters. The summed E-state index contributed by atoms with van der Waals surface area (Å²) in [4.78, 5) is 15.1. The molecule has 4 nitrogen and oxygen atoms in total. The fourth-order valence-corrected chi connectivity index (χ4v) is 1.11. The summed E-state index contributed by atoms with van der Waals surface area (Å²) in [6.45, 7) is 4.06. The van der Waals surface area contributed by atoms with Crippen molar-refractivity contribution < 1.29 is 13.9 Å². The van der Waals surface area contributed by atoms with Crippen molar-refractivity contribution >= 4 is 21.9 Å². The average molecular weight is 262 g/mol. The van der Waals surface area contributed by atoms with Gasteiger partial charge in [-0.2, -0.15) is 0 Å². The van der Waals surface area contributed by atoms with Crippen LogP contribution in [0.5, 0.6) is 0 Å². The average Bonchev–Trinajstić information content (AvgIpc) is 2.64. The van der Waals surface area contributed by atoms with Gasteiger partial charge in [0.1, 0.15) is 6.26 Å². The number of alkyl halides is 1. The fourth-order valence-electron chi connectivity index (χ4n) is 0.898. The fraction of sp³-hybridized carbons (Fsp3) is 0.556. The lowest BCUT2D eigenvalue weighted by Crippen LogP contribution is -2.03. The zero-order valence-corrected chi connectivity index (χ0v) is 9.87. The van der Waals surface area contributed by atoms with E-state index < -0.39 is 5.97 Å². The first-order chi connectivity index (χ1) is 6.56. The van der Waals surface area contributed by atoms with Crippen molar-refractivity contribution in [1.82, 2.24) is 4.98 Å². The van der Waals surface area contributed by atoms with Crippen LogP contribution >= 0.6 is 15.9 Å². The van der Waals surface area contributed by atoms with Crippen LogP contribution in [0.3, 0.4) is 0 Å². The molecule has 1 aromatic heterocycles. The van der Waals surface area contributed by atoms with E-state index in [1.165, 1.54) is 13.4 Å². The van der Waals surface area contributed by atoms with Crippen molar-refractivity contribution in [1.29, 1.82) is 0 Å². The van der Waals surface area contributed by atoms with Gasteiger partial charge in [0.15, 0.2) is 5.69 Å². The number of halogens is 1. The lowest BCUT2D eigenvalue weighted by atomic mass is 10.1. The molecule has 0 fully saturated rings. The molecule has 0 spiro atoms. The minimum atomic E-state index is -0.483. The smallest absolute Gasteiger partial charge is 0.360 e. The molecule has 5 heteroatoms. The number of carbonyl (C=O) groups excluding carboxylic acids is 1. The van der Waals surface area contributed by atoms with Gasteiger partial charge in [-0.15, -0.1) is 0 Å². The van der Waals surface area contributed by atoms with Crippen LogP contribution in [0.25, 0.3) is 0 Å². The Balaban J connectivity index is 2.82. The van der Waals surface area contributed by atoms with E-state index in [4.69, 9.17) is 4.42 Å². The number of ether oxygens (including phenoxy) is 1. The maximum absolute atomic E-state index is 11.1. The van der Waals surface area contributed by atoms with Gasteiger partial charge < -0.3 is 9.15 Å². The summed E-state index contributed by atoms with van der Waals surface area (Å²) in [7, 11) is 1.31. The number of hydrogen-bond acceptors (Lipinski definition) is 4. The first-order valence-corrected chi connectivity index (χ1v) is 5.15. The maximum Gasteiger partial charge on any atom is 0.360 e. The Labute approximate surface area is 90.8 Å². The van der Waals surface area contributed by atoms with Crippen LogP contribution in [0.4, 0.5) is 0 Å². The summed E-state index contributed by atoms with van der Waals surface area (Å²) in [5.74, 6) is 0.364. The van der Waals surface area contributed by atoms with Gasteiger partial charge in [-0.25, -0.2) is 9.78 Å². The van der Waals surface area contributed by atoms with Crippen molar-refractivity contribution in [2.45, 2.75) is 18.7 Å². The third kappa shape index (κ3) is 2.35. The number of aromatic nitrogens is 1. The van der Waals surface area contributed by atoms with Crippen LogP contribution in [0.2, 0.25) is 0 Å². The Bertz CT molecular complexity index is 322. The van der Waals surface area contributed by atoms with Crippen molar-refractivity contribution in [3.05, 3.63) is 17.8 Å². The number of methoxy groups -OCH3 is 1. The zero-order chi connectivity index (χ0) is 10.7. The summed E-state index contributed by atoms with van der Waals surface area (Å²) in [5, 5.41) is 0. The van der Waals surface area contributed by atoms with Crippen molar-refractivity contribution in [3.8, 4) is 0 Å². The largest absolute Gasteiger partial charge is 0.464 e. The molecule has 0 N–H and O–H groups in total. The van der Waals surface area contributed by atoms with Crippen LogP contribution in [0.1, 0.15) is 35.1 Å². The van der Waals surface area contributed by atoms with Crippen LogP contribution in [0.15, 0.2) is 10.7 Å². The van der Waals surface area contributed by atoms with Gasteiger partial charge in [0, 0.05) is 0 Å². The van der Waals surface area contributed by atoms with E-state index in [0.29, 0.717) is 11.8 Å². The van der Waals surface area contributed by atoms with Gasteiger partial charge in [-0.3, -0.25) is 0 Å². The Morgan fingerprint density at radius 1 is 1.64 bits per heavy atom. The Morgan fingerprint density at radius 3 is 2.79 bits per heavy atom. The minimum absolute atomic E-state index is 0.0147. The van der Waals surface area contributed by atoms with E-state index in [2.05, 4.69) is 25.7 Å². The monoisotopic (exact) mass is 261 g/mol. The third-order valence-corrected chi connectivity index (χ3v) is 3.19. The van der Waals surface area contributed by atoms with Crippen LogP contribution < -0.4 is 0 Å². The summed E-state index contributed by atoms with van der Waals surface area (Å²) in [5.41, 5.74) is 0.201. The minimum Gasteiger partial charge on any atom is -0.464 e. The van der Waals surface area contributed by atoms with Crippen molar-refractivity contribution in [2.75, 3.05) is 7.11 Å². The van der Waals surface area contributed by atoms with Crippen molar-refractivity contribution in [3.63, 3.8) is 0 Å². The zero-order valence-electron chi connectivity index (χ0n) is 8.28. The normalized spacial score (nSPS) is 12.9. The molecule has 0 radical (unpaired) electrons. The molecule has 0 amide bonds. The highest BCUT2D eigenvalue weighted by Gasteiger charge is 2.20. The Morgan fingerprint density at radius 2 is 2.29 bits per heavy atom. The van der Waals surface area contributed by atoms with E-state index in [9.17, 15) is 4.79 Å². The lowest BCUT2D eigenvalue weighted by molar-refractivity contribution is 0.0594. The topological polar surface area (TPSA) is 52.3 Å². The molecule has 1 aromatic rings. The Hall–Kier alpha value is -0.840. The first kappa shape index (κ1) is 11.2. The van der Waals surface area contributed by atoms with Crippen LogP contribution in [-0.2, 0) is 4.74 Å². The van der Waals surface area contributed by atoms with E-state index in [0.717, 1.165) is 0 Å². The second-order valence-electron chi connectivity index (χ2n) is 3.21. The SMILES string of the molecule is COC(=O)c1coc(C(Br)C(C)C)n1. The molecular weight excluding hydrogens is 250 g/mol. The molecular formula is C9H12BrNO3. The molecule has 78 valence electrons. The molecule has 0 aromatic carbocycles. The third-order valence-electron chi connectivity index (χ3n) is 1.74. The molecule has 1 rings (SSSR count). The lowest BCUT2D eigenvalue weighted by Gasteiger charge is -2.07. The molecule has 0 aliphatic rings. The van der Waals surface area contributed by atoms with Gasteiger partial charge >= 0.3 is 5.97 Å². The number of carbonyl (C=O) groups is 1. The molecule has 0 bridgehead atoms. The Kier molecular flexibility index (Phi) is 3.69. The number of hydrogen-bond donors (Lipinski definition) is 0. The highest BCUT2D eigenvalue weighted by atomic mass is 79.9. The molecule has 0 saturated carbocycles. The van der Waals surface area contributed by atoms with Gasteiger partial charge in [0.25, 0.3) is 0 Å². The van der Waals surface area contributed by atoms with Gasteiger partial charge in [0.05, 0.1) is 11.9 Å². The van der Waals surface area contributed by atoms with Gasteiger partial charge in [-0.1, -0.05) is 29.8 Å². The second kappa shape index (κ2) is 4.59. The second-order valence-corrected chi connectivity index (χ2v) is 4.19. The highest BCUT2D eigenvalue weighted by Crippen LogP contribution is 2.29. The first-order valence-electron chi connectivity index (χ1n) is 4.24. The van der Waals surface area contributed by atoms with E-state index in [1.54, 1.807) is 0 Å². The number of esters is 1. The number of rotatable bonds is 3. The van der Waals surface area contributed by atoms with Crippen LogP contribution in [-0.4, -0.2) is 18.1 Å². The number of nitrogens with zero attached hydrogens (tertiary/aromatic N) is 1. The number of oxazole rings is 1. The maximum atomic E-state index is 11.1. The van der Waals surface area contributed by atoms with Gasteiger partial charge in [0.2, 0.25) is 5.89 Å². The summed E-state index contributed by atoms with van der Waals surface area (Å²) >= 11 is 3.43. The van der Waals surface area contributed by atoms with E-state index >= 15 is 0 Å². The predicted molar refractivity (Wildman–Crippen MR) is 54.3 cm³/mol. The van der Waals surface area contributed by atoms with Crippen LogP contribution in [0, 0.1) is 5.92 Å². The highest BCUT2D eigenvalue weighted by molar-refractivity contribution is 9.09. The van der Waals surface area contributed by atoms with E-state index in [-0.39, 0.29) is 10.5 Å². The quantitative estimate of drug-likeness (QED) is 0.620. The summed E-state index contributed by atoms with van der Waals surface area (Å²) in [6.07, 6.45) is 1.30. The van der Waals surface area contributed by atoms with Gasteiger partial charge in [-0.05, 0) is 5.92 Å². The van der Waals surface area contributed by atoms with Crippen molar-refractivity contribution in [2.24, 2.45) is 5.92 Å².